The maximum Gasteiger partial charge on any atom is 0.445 e. The first-order chi connectivity index (χ1) is 8.45. The van der Waals surface area contributed by atoms with Gasteiger partial charge in [-0.15, -0.1) is 10.2 Å². The Morgan fingerprint density at radius 1 is 1.50 bits per heavy atom. The number of anilines is 1. The van der Waals surface area contributed by atoms with E-state index in [1.807, 2.05) is 6.92 Å². The van der Waals surface area contributed by atoms with E-state index in [0.29, 0.717) is 11.3 Å². The molecule has 2 atom stereocenters. The Kier molecular flexibility index (Phi) is 4.06. The van der Waals surface area contributed by atoms with Crippen molar-refractivity contribution in [1.29, 1.82) is 0 Å². The Bertz CT molecular complexity index is 390. The molecule has 1 aliphatic heterocycles. The highest BCUT2D eigenvalue weighted by Crippen LogP contribution is 2.33. The molecule has 0 saturated carbocycles. The zero-order chi connectivity index (χ0) is 13.2. The summed E-state index contributed by atoms with van der Waals surface area (Å²) in [5.41, 5.74) is 0. The third kappa shape index (κ3) is 3.55. The standard InChI is InChI=1S/C10H14F3N3OS/c1-6(5-7-3-2-4-17-7)14-9-16-15-8(18-9)10(11,12)13/h6-7H,2-5H2,1H3,(H,14,16). The molecule has 0 spiro atoms. The average Bonchev–Trinajstić information content (AvgIpc) is 2.87. The van der Waals surface area contributed by atoms with Crippen LogP contribution in [0.4, 0.5) is 18.3 Å². The van der Waals surface area contributed by atoms with Gasteiger partial charge in [-0.1, -0.05) is 11.3 Å². The zero-order valence-electron chi connectivity index (χ0n) is 9.83. The summed E-state index contributed by atoms with van der Waals surface area (Å²) < 4.78 is 42.4. The molecule has 2 rings (SSSR count). The Morgan fingerprint density at radius 3 is 2.83 bits per heavy atom. The number of nitrogens with zero attached hydrogens (tertiary/aromatic N) is 2. The average molecular weight is 281 g/mol. The largest absolute Gasteiger partial charge is 0.445 e. The molecule has 1 saturated heterocycles. The van der Waals surface area contributed by atoms with Gasteiger partial charge in [0.1, 0.15) is 0 Å². The van der Waals surface area contributed by atoms with Gasteiger partial charge in [-0.05, 0) is 26.2 Å². The first-order valence-electron chi connectivity index (χ1n) is 5.74. The lowest BCUT2D eigenvalue weighted by atomic mass is 10.1. The maximum atomic E-state index is 12.3. The van der Waals surface area contributed by atoms with Crippen LogP contribution in [0.15, 0.2) is 0 Å². The third-order valence-electron chi connectivity index (χ3n) is 2.68. The lowest BCUT2D eigenvalue weighted by Gasteiger charge is -2.16. The molecule has 2 heterocycles. The van der Waals surface area contributed by atoms with Crippen LogP contribution in [0, 0.1) is 0 Å². The highest BCUT2D eigenvalue weighted by atomic mass is 32.1. The monoisotopic (exact) mass is 281 g/mol. The molecule has 1 fully saturated rings. The predicted octanol–water partition coefficient (Wildman–Crippen LogP) is 2.93. The third-order valence-corrected chi connectivity index (χ3v) is 3.58. The van der Waals surface area contributed by atoms with Crippen molar-refractivity contribution < 1.29 is 17.9 Å². The van der Waals surface area contributed by atoms with Gasteiger partial charge in [-0.2, -0.15) is 13.2 Å². The fourth-order valence-corrected chi connectivity index (χ4v) is 2.61. The second kappa shape index (κ2) is 5.40. The summed E-state index contributed by atoms with van der Waals surface area (Å²) in [4.78, 5) is 0. The molecule has 0 aromatic carbocycles. The Hall–Kier alpha value is -0.890. The minimum atomic E-state index is -4.42. The van der Waals surface area contributed by atoms with Crippen LogP contribution in [-0.2, 0) is 10.9 Å². The molecule has 0 bridgehead atoms. The molecule has 0 aliphatic carbocycles. The molecule has 102 valence electrons. The predicted molar refractivity (Wildman–Crippen MR) is 61.6 cm³/mol. The zero-order valence-corrected chi connectivity index (χ0v) is 10.6. The van der Waals surface area contributed by atoms with Crippen LogP contribution in [-0.4, -0.2) is 29.0 Å². The number of halogens is 3. The van der Waals surface area contributed by atoms with Crippen molar-refractivity contribution in [2.45, 2.75) is 44.5 Å². The number of hydrogen-bond acceptors (Lipinski definition) is 5. The van der Waals surface area contributed by atoms with Crippen LogP contribution in [0.2, 0.25) is 0 Å². The fraction of sp³-hybridized carbons (Fsp3) is 0.800. The molecule has 2 unspecified atom stereocenters. The van der Waals surface area contributed by atoms with Crippen molar-refractivity contribution in [1.82, 2.24) is 10.2 Å². The summed E-state index contributed by atoms with van der Waals surface area (Å²) in [5, 5.41) is 8.82. The molecule has 8 heteroatoms. The molecule has 0 amide bonds. The van der Waals surface area contributed by atoms with E-state index in [0.717, 1.165) is 25.9 Å². The van der Waals surface area contributed by atoms with Gasteiger partial charge in [0.2, 0.25) is 10.1 Å². The molecule has 1 aromatic heterocycles. The fourth-order valence-electron chi connectivity index (χ4n) is 1.89. The molecule has 0 radical (unpaired) electrons. The maximum absolute atomic E-state index is 12.3. The van der Waals surface area contributed by atoms with E-state index in [1.54, 1.807) is 0 Å². The van der Waals surface area contributed by atoms with Crippen LogP contribution in [0.25, 0.3) is 0 Å². The molecule has 1 N–H and O–H groups in total. The second-order valence-electron chi connectivity index (χ2n) is 4.33. The van der Waals surface area contributed by atoms with Gasteiger partial charge < -0.3 is 10.1 Å². The van der Waals surface area contributed by atoms with E-state index in [1.165, 1.54) is 0 Å². The van der Waals surface area contributed by atoms with Crippen molar-refractivity contribution in [2.24, 2.45) is 0 Å². The summed E-state index contributed by atoms with van der Waals surface area (Å²) in [5.74, 6) is 0. The summed E-state index contributed by atoms with van der Waals surface area (Å²) in [6.45, 7) is 2.67. The van der Waals surface area contributed by atoms with Crippen molar-refractivity contribution in [3.05, 3.63) is 5.01 Å². The number of aromatic nitrogens is 2. The number of hydrogen-bond donors (Lipinski definition) is 1. The smallest absolute Gasteiger partial charge is 0.378 e. The van der Waals surface area contributed by atoms with Crippen LogP contribution >= 0.6 is 11.3 Å². The SMILES string of the molecule is CC(CC1CCCO1)Nc1nnc(C(F)(F)F)s1. The highest BCUT2D eigenvalue weighted by molar-refractivity contribution is 7.15. The van der Waals surface area contributed by atoms with Gasteiger partial charge in [0.15, 0.2) is 0 Å². The minimum absolute atomic E-state index is 0.0159. The number of nitrogens with one attached hydrogen (secondary N) is 1. The van der Waals surface area contributed by atoms with Gasteiger partial charge in [-0.3, -0.25) is 0 Å². The van der Waals surface area contributed by atoms with Crippen LogP contribution in [0.5, 0.6) is 0 Å². The lowest BCUT2D eigenvalue weighted by Crippen LogP contribution is -2.21. The van der Waals surface area contributed by atoms with Crippen LogP contribution in [0.3, 0.4) is 0 Å². The molecule has 1 aromatic rings. The highest BCUT2D eigenvalue weighted by Gasteiger charge is 2.35. The van der Waals surface area contributed by atoms with Gasteiger partial charge in [0.25, 0.3) is 0 Å². The van der Waals surface area contributed by atoms with Gasteiger partial charge in [0.05, 0.1) is 6.10 Å². The Balaban J connectivity index is 1.86. The molecule has 1 aliphatic rings. The van der Waals surface area contributed by atoms with E-state index < -0.39 is 11.2 Å². The number of alkyl halides is 3. The van der Waals surface area contributed by atoms with Crippen molar-refractivity contribution >= 4 is 16.5 Å². The lowest BCUT2D eigenvalue weighted by molar-refractivity contribution is -0.138. The van der Waals surface area contributed by atoms with Crippen LogP contribution < -0.4 is 5.32 Å². The van der Waals surface area contributed by atoms with E-state index >= 15 is 0 Å². The van der Waals surface area contributed by atoms with E-state index in [4.69, 9.17) is 4.74 Å². The van der Waals surface area contributed by atoms with E-state index in [-0.39, 0.29) is 17.3 Å². The van der Waals surface area contributed by atoms with Gasteiger partial charge in [-0.25, -0.2) is 0 Å². The van der Waals surface area contributed by atoms with Crippen LogP contribution in [0.1, 0.15) is 31.2 Å². The summed E-state index contributed by atoms with van der Waals surface area (Å²) in [6.07, 6.45) is -1.40. The molecular formula is C10H14F3N3OS. The quantitative estimate of drug-likeness (QED) is 0.921. The molecular weight excluding hydrogens is 267 g/mol. The normalized spacial score (nSPS) is 22.1. The van der Waals surface area contributed by atoms with Crippen molar-refractivity contribution in [3.8, 4) is 0 Å². The van der Waals surface area contributed by atoms with Crippen molar-refractivity contribution in [2.75, 3.05) is 11.9 Å². The number of ether oxygens (including phenoxy) is 1. The minimum Gasteiger partial charge on any atom is -0.378 e. The summed E-state index contributed by atoms with van der Waals surface area (Å²) in [6, 6.07) is 0.0159. The Morgan fingerprint density at radius 2 is 2.28 bits per heavy atom. The topological polar surface area (TPSA) is 47.0 Å². The molecule has 18 heavy (non-hydrogen) atoms. The van der Waals surface area contributed by atoms with E-state index in [2.05, 4.69) is 15.5 Å². The van der Waals surface area contributed by atoms with Gasteiger partial charge in [0, 0.05) is 12.6 Å². The first-order valence-corrected chi connectivity index (χ1v) is 6.55. The number of rotatable bonds is 4. The summed E-state index contributed by atoms with van der Waals surface area (Å²) in [7, 11) is 0. The summed E-state index contributed by atoms with van der Waals surface area (Å²) >= 11 is 0.527. The van der Waals surface area contributed by atoms with Crippen molar-refractivity contribution in [3.63, 3.8) is 0 Å². The van der Waals surface area contributed by atoms with Gasteiger partial charge >= 0.3 is 6.18 Å². The molecule has 4 nitrogen and oxygen atoms in total. The van der Waals surface area contributed by atoms with E-state index in [9.17, 15) is 13.2 Å². The Labute approximate surface area is 107 Å². The first kappa shape index (κ1) is 13.5. The second-order valence-corrected chi connectivity index (χ2v) is 5.30.